The molecular formula is C20H24ClNO2S. The third kappa shape index (κ3) is 5.98. The lowest BCUT2D eigenvalue weighted by Crippen LogP contribution is -2.37. The Morgan fingerprint density at radius 2 is 1.96 bits per heavy atom. The summed E-state index contributed by atoms with van der Waals surface area (Å²) in [6.45, 7) is 6.41. The van der Waals surface area contributed by atoms with E-state index in [1.807, 2.05) is 56.3 Å². The Balaban J connectivity index is 1.71. The lowest BCUT2D eigenvalue weighted by Gasteiger charge is -2.17. The van der Waals surface area contributed by atoms with Gasteiger partial charge in [0, 0.05) is 23.1 Å². The van der Waals surface area contributed by atoms with Crippen LogP contribution in [0.3, 0.4) is 0 Å². The molecule has 0 heterocycles. The molecule has 1 atom stereocenters. The SMILES string of the molecule is Cc1cccc(O[C@@H](C)C(=O)NCCSCc2ccccc2Cl)c1C. The van der Waals surface area contributed by atoms with Crippen LogP contribution in [0, 0.1) is 13.8 Å². The van der Waals surface area contributed by atoms with E-state index in [4.69, 9.17) is 16.3 Å². The molecule has 0 bridgehead atoms. The maximum Gasteiger partial charge on any atom is 0.260 e. The normalized spacial score (nSPS) is 11.8. The average molecular weight is 378 g/mol. The largest absolute Gasteiger partial charge is 0.481 e. The zero-order valence-electron chi connectivity index (χ0n) is 14.8. The first-order chi connectivity index (χ1) is 12.0. The number of thioether (sulfide) groups is 1. The van der Waals surface area contributed by atoms with E-state index in [0.717, 1.165) is 39.0 Å². The van der Waals surface area contributed by atoms with Crippen LogP contribution in [0.25, 0.3) is 0 Å². The predicted octanol–water partition coefficient (Wildman–Crippen LogP) is 4.77. The molecule has 0 radical (unpaired) electrons. The number of aryl methyl sites for hydroxylation is 1. The van der Waals surface area contributed by atoms with Crippen LogP contribution in [-0.4, -0.2) is 24.3 Å². The number of halogens is 1. The second-order valence-electron chi connectivity index (χ2n) is 5.89. The zero-order valence-corrected chi connectivity index (χ0v) is 16.4. The summed E-state index contributed by atoms with van der Waals surface area (Å²) < 4.78 is 5.79. The highest BCUT2D eigenvalue weighted by atomic mass is 35.5. The lowest BCUT2D eigenvalue weighted by molar-refractivity contribution is -0.127. The monoisotopic (exact) mass is 377 g/mol. The van der Waals surface area contributed by atoms with E-state index in [-0.39, 0.29) is 5.91 Å². The maximum absolute atomic E-state index is 12.2. The van der Waals surface area contributed by atoms with Gasteiger partial charge in [-0.25, -0.2) is 0 Å². The van der Waals surface area contributed by atoms with Crippen molar-refractivity contribution < 1.29 is 9.53 Å². The summed E-state index contributed by atoms with van der Waals surface area (Å²) in [5, 5.41) is 3.71. The minimum Gasteiger partial charge on any atom is -0.481 e. The molecule has 0 saturated carbocycles. The molecule has 2 aromatic rings. The fourth-order valence-corrected chi connectivity index (χ4v) is 3.43. The van der Waals surface area contributed by atoms with E-state index in [2.05, 4.69) is 5.32 Å². The second kappa shape index (κ2) is 9.73. The number of benzene rings is 2. The number of carbonyl (C=O) groups excluding carboxylic acids is 1. The van der Waals surface area contributed by atoms with Gasteiger partial charge in [-0.1, -0.05) is 41.9 Å². The van der Waals surface area contributed by atoms with Crippen molar-refractivity contribution in [2.45, 2.75) is 32.6 Å². The van der Waals surface area contributed by atoms with Crippen LogP contribution < -0.4 is 10.1 Å². The van der Waals surface area contributed by atoms with Gasteiger partial charge in [0.15, 0.2) is 6.10 Å². The Bertz CT molecular complexity index is 721. The quantitative estimate of drug-likeness (QED) is 0.673. The van der Waals surface area contributed by atoms with Crippen LogP contribution in [0.2, 0.25) is 5.02 Å². The van der Waals surface area contributed by atoms with E-state index in [1.54, 1.807) is 18.7 Å². The molecule has 25 heavy (non-hydrogen) atoms. The van der Waals surface area contributed by atoms with Gasteiger partial charge in [0.25, 0.3) is 5.91 Å². The fourth-order valence-electron chi connectivity index (χ4n) is 2.28. The zero-order chi connectivity index (χ0) is 18.2. The van der Waals surface area contributed by atoms with Gasteiger partial charge in [-0.05, 0) is 49.6 Å². The molecule has 2 aromatic carbocycles. The Labute approximate surface area is 159 Å². The standard InChI is InChI=1S/C20H24ClNO2S/c1-14-7-6-10-19(15(14)2)24-16(3)20(23)22-11-12-25-13-17-8-4-5-9-18(17)21/h4-10,16H,11-13H2,1-3H3,(H,22,23)/t16-/m0/s1. The maximum atomic E-state index is 12.2. The molecule has 134 valence electrons. The first kappa shape index (κ1) is 19.7. The highest BCUT2D eigenvalue weighted by Crippen LogP contribution is 2.22. The number of carbonyl (C=O) groups is 1. The number of rotatable bonds is 8. The Morgan fingerprint density at radius 1 is 1.20 bits per heavy atom. The van der Waals surface area contributed by atoms with Crippen LogP contribution in [-0.2, 0) is 10.5 Å². The van der Waals surface area contributed by atoms with E-state index >= 15 is 0 Å². The van der Waals surface area contributed by atoms with Crippen LogP contribution in [0.4, 0.5) is 0 Å². The van der Waals surface area contributed by atoms with Crippen molar-refractivity contribution in [3.05, 3.63) is 64.2 Å². The highest BCUT2D eigenvalue weighted by molar-refractivity contribution is 7.98. The van der Waals surface area contributed by atoms with Crippen molar-refractivity contribution in [1.82, 2.24) is 5.32 Å². The molecule has 3 nitrogen and oxygen atoms in total. The third-order valence-corrected chi connectivity index (χ3v) is 5.37. The number of nitrogens with one attached hydrogen (secondary N) is 1. The number of hydrogen-bond donors (Lipinski definition) is 1. The van der Waals surface area contributed by atoms with Crippen molar-refractivity contribution in [2.75, 3.05) is 12.3 Å². The fraction of sp³-hybridized carbons (Fsp3) is 0.350. The van der Waals surface area contributed by atoms with Crippen LogP contribution >= 0.6 is 23.4 Å². The lowest BCUT2D eigenvalue weighted by atomic mass is 10.1. The summed E-state index contributed by atoms with van der Waals surface area (Å²) in [6, 6.07) is 13.7. The molecule has 0 aliphatic rings. The third-order valence-electron chi connectivity index (χ3n) is 3.99. The van der Waals surface area contributed by atoms with Gasteiger partial charge < -0.3 is 10.1 Å². The van der Waals surface area contributed by atoms with Crippen molar-refractivity contribution >= 4 is 29.3 Å². The molecule has 0 fully saturated rings. The van der Waals surface area contributed by atoms with Gasteiger partial charge in [0.05, 0.1) is 0 Å². The number of hydrogen-bond acceptors (Lipinski definition) is 3. The van der Waals surface area contributed by atoms with Crippen LogP contribution in [0.1, 0.15) is 23.6 Å². The molecule has 0 spiro atoms. The molecular weight excluding hydrogens is 354 g/mol. The number of ether oxygens (including phenoxy) is 1. The van der Waals surface area contributed by atoms with Gasteiger partial charge in [-0.15, -0.1) is 0 Å². The second-order valence-corrected chi connectivity index (χ2v) is 7.41. The average Bonchev–Trinajstić information content (AvgIpc) is 2.60. The van der Waals surface area contributed by atoms with Crippen LogP contribution in [0.5, 0.6) is 5.75 Å². The number of amides is 1. The summed E-state index contributed by atoms with van der Waals surface area (Å²) in [7, 11) is 0. The predicted molar refractivity (Wildman–Crippen MR) is 107 cm³/mol. The Kier molecular flexibility index (Phi) is 7.66. The molecule has 2 rings (SSSR count). The van der Waals surface area contributed by atoms with Gasteiger partial charge in [0.1, 0.15) is 5.75 Å². The molecule has 0 unspecified atom stereocenters. The summed E-state index contributed by atoms with van der Waals surface area (Å²) in [5.41, 5.74) is 3.34. The summed E-state index contributed by atoms with van der Waals surface area (Å²) in [5.74, 6) is 2.33. The van der Waals surface area contributed by atoms with Crippen molar-refractivity contribution in [3.63, 3.8) is 0 Å². The molecule has 0 aliphatic carbocycles. The molecule has 0 aromatic heterocycles. The summed E-state index contributed by atoms with van der Waals surface area (Å²) >= 11 is 7.87. The Hall–Kier alpha value is -1.65. The van der Waals surface area contributed by atoms with E-state index in [1.165, 1.54) is 0 Å². The molecule has 0 saturated heterocycles. The molecule has 1 N–H and O–H groups in total. The Morgan fingerprint density at radius 3 is 2.72 bits per heavy atom. The minimum atomic E-state index is -0.519. The minimum absolute atomic E-state index is 0.0979. The van der Waals surface area contributed by atoms with E-state index < -0.39 is 6.10 Å². The van der Waals surface area contributed by atoms with Crippen LogP contribution in [0.15, 0.2) is 42.5 Å². The summed E-state index contributed by atoms with van der Waals surface area (Å²) in [4.78, 5) is 12.2. The summed E-state index contributed by atoms with van der Waals surface area (Å²) in [6.07, 6.45) is -0.519. The molecule has 0 aliphatic heterocycles. The van der Waals surface area contributed by atoms with Gasteiger partial charge in [-0.3, -0.25) is 4.79 Å². The van der Waals surface area contributed by atoms with E-state index in [9.17, 15) is 4.79 Å². The first-order valence-corrected chi connectivity index (χ1v) is 9.84. The van der Waals surface area contributed by atoms with Gasteiger partial charge in [0.2, 0.25) is 0 Å². The highest BCUT2D eigenvalue weighted by Gasteiger charge is 2.15. The van der Waals surface area contributed by atoms with Crippen molar-refractivity contribution in [3.8, 4) is 5.75 Å². The smallest absolute Gasteiger partial charge is 0.260 e. The van der Waals surface area contributed by atoms with E-state index in [0.29, 0.717) is 6.54 Å². The first-order valence-electron chi connectivity index (χ1n) is 8.30. The van der Waals surface area contributed by atoms with Crippen molar-refractivity contribution in [1.29, 1.82) is 0 Å². The molecule has 1 amide bonds. The van der Waals surface area contributed by atoms with Gasteiger partial charge in [-0.2, -0.15) is 11.8 Å². The van der Waals surface area contributed by atoms with Crippen molar-refractivity contribution in [2.24, 2.45) is 0 Å². The topological polar surface area (TPSA) is 38.3 Å². The molecule has 5 heteroatoms. The van der Waals surface area contributed by atoms with Gasteiger partial charge >= 0.3 is 0 Å².